The molecule has 0 aliphatic rings. The van der Waals surface area contributed by atoms with Crippen LogP contribution in [0, 0.1) is 6.92 Å². The maximum absolute atomic E-state index is 10.8. The van der Waals surface area contributed by atoms with Gasteiger partial charge in [-0.25, -0.2) is 9.78 Å². The van der Waals surface area contributed by atoms with Gasteiger partial charge in [0.05, 0.1) is 22.9 Å². The number of carboxylic acid groups (broad SMARTS) is 1. The molecule has 0 fully saturated rings. The number of carbonyl (C=O) groups is 1. The Morgan fingerprint density at radius 2 is 2.16 bits per heavy atom. The van der Waals surface area contributed by atoms with Crippen molar-refractivity contribution in [2.24, 2.45) is 0 Å². The van der Waals surface area contributed by atoms with Gasteiger partial charge in [-0.2, -0.15) is 0 Å². The van der Waals surface area contributed by atoms with Crippen LogP contribution >= 0.6 is 11.6 Å². The molecule has 1 aromatic heterocycles. The molecule has 0 bridgehead atoms. The van der Waals surface area contributed by atoms with E-state index in [0.29, 0.717) is 17.3 Å². The van der Waals surface area contributed by atoms with Crippen LogP contribution in [0.15, 0.2) is 36.4 Å². The molecule has 98 valence electrons. The molecule has 0 saturated carbocycles. The molecule has 4 nitrogen and oxygen atoms in total. The van der Waals surface area contributed by atoms with Crippen LogP contribution in [0.25, 0.3) is 0 Å². The summed E-state index contributed by atoms with van der Waals surface area (Å²) in [6.07, 6.45) is 0. The van der Waals surface area contributed by atoms with Gasteiger partial charge in [-0.3, -0.25) is 0 Å². The molecular formula is C14H13ClN2O2. The predicted molar refractivity (Wildman–Crippen MR) is 74.7 cm³/mol. The maximum atomic E-state index is 10.8. The Bertz CT molecular complexity index is 614. The van der Waals surface area contributed by atoms with E-state index in [9.17, 15) is 4.79 Å². The van der Waals surface area contributed by atoms with Gasteiger partial charge < -0.3 is 10.4 Å². The lowest BCUT2D eigenvalue weighted by Gasteiger charge is -2.09. The number of anilines is 1. The van der Waals surface area contributed by atoms with Crippen molar-refractivity contribution < 1.29 is 9.90 Å². The standard InChI is InChI=1S/C14H13ClN2O2/c1-9-5-6-11(15)13(7-9)16-8-10-3-2-4-12(17-10)14(18)19/h2-7,16H,8H2,1H3,(H,18,19). The molecule has 2 rings (SSSR count). The zero-order valence-electron chi connectivity index (χ0n) is 10.4. The Balaban J connectivity index is 2.12. The maximum Gasteiger partial charge on any atom is 0.354 e. The highest BCUT2D eigenvalue weighted by Crippen LogP contribution is 2.23. The van der Waals surface area contributed by atoms with Crippen molar-refractivity contribution in [1.29, 1.82) is 0 Å². The molecule has 1 heterocycles. The molecule has 1 aromatic carbocycles. The molecule has 0 atom stereocenters. The van der Waals surface area contributed by atoms with E-state index in [1.807, 2.05) is 25.1 Å². The van der Waals surface area contributed by atoms with Crippen LogP contribution in [0.5, 0.6) is 0 Å². The number of benzene rings is 1. The average Bonchev–Trinajstić information content (AvgIpc) is 2.40. The first-order valence-corrected chi connectivity index (χ1v) is 6.13. The Labute approximate surface area is 116 Å². The zero-order valence-corrected chi connectivity index (χ0v) is 11.1. The van der Waals surface area contributed by atoms with Gasteiger partial charge in [-0.1, -0.05) is 23.7 Å². The number of pyridine rings is 1. The number of halogens is 1. The molecule has 0 amide bonds. The summed E-state index contributed by atoms with van der Waals surface area (Å²) in [4.78, 5) is 14.9. The first-order chi connectivity index (χ1) is 9.06. The number of carboxylic acids is 1. The third kappa shape index (κ3) is 3.45. The number of nitrogens with one attached hydrogen (secondary N) is 1. The summed E-state index contributed by atoms with van der Waals surface area (Å²) in [5.41, 5.74) is 2.59. The molecule has 19 heavy (non-hydrogen) atoms. The molecule has 0 aliphatic heterocycles. The summed E-state index contributed by atoms with van der Waals surface area (Å²) in [5.74, 6) is -1.03. The Hall–Kier alpha value is -2.07. The van der Waals surface area contributed by atoms with Gasteiger partial charge in [0.1, 0.15) is 5.69 Å². The highest BCUT2D eigenvalue weighted by Gasteiger charge is 2.06. The third-order valence-electron chi connectivity index (χ3n) is 2.61. The minimum Gasteiger partial charge on any atom is -0.477 e. The number of nitrogens with zero attached hydrogens (tertiary/aromatic N) is 1. The summed E-state index contributed by atoms with van der Waals surface area (Å²) >= 11 is 6.07. The van der Waals surface area contributed by atoms with Crippen LogP contribution in [0.1, 0.15) is 21.7 Å². The molecule has 0 saturated heterocycles. The molecule has 0 unspecified atom stereocenters. The van der Waals surface area contributed by atoms with E-state index in [1.165, 1.54) is 6.07 Å². The average molecular weight is 277 g/mol. The fourth-order valence-electron chi connectivity index (χ4n) is 1.66. The van der Waals surface area contributed by atoms with Gasteiger partial charge in [0.15, 0.2) is 0 Å². The highest BCUT2D eigenvalue weighted by molar-refractivity contribution is 6.33. The Kier molecular flexibility index (Phi) is 4.02. The SMILES string of the molecule is Cc1ccc(Cl)c(NCc2cccc(C(=O)O)n2)c1. The summed E-state index contributed by atoms with van der Waals surface area (Å²) in [6, 6.07) is 10.6. The van der Waals surface area contributed by atoms with Crippen molar-refractivity contribution in [2.75, 3.05) is 5.32 Å². The molecule has 0 spiro atoms. The second-order valence-corrected chi connectivity index (χ2v) is 4.56. The van der Waals surface area contributed by atoms with Crippen LogP contribution < -0.4 is 5.32 Å². The van der Waals surface area contributed by atoms with Gasteiger partial charge in [0.25, 0.3) is 0 Å². The second-order valence-electron chi connectivity index (χ2n) is 4.16. The summed E-state index contributed by atoms with van der Waals surface area (Å²) in [7, 11) is 0. The lowest BCUT2D eigenvalue weighted by Crippen LogP contribution is -2.06. The van der Waals surface area contributed by atoms with Gasteiger partial charge >= 0.3 is 5.97 Å². The van der Waals surface area contributed by atoms with Crippen molar-refractivity contribution in [3.8, 4) is 0 Å². The minimum absolute atomic E-state index is 0.0367. The Morgan fingerprint density at radius 3 is 2.89 bits per heavy atom. The van der Waals surface area contributed by atoms with E-state index in [0.717, 1.165) is 11.3 Å². The molecule has 0 radical (unpaired) electrons. The molecule has 2 aromatic rings. The van der Waals surface area contributed by atoms with Crippen LogP contribution in [0.2, 0.25) is 5.02 Å². The lowest BCUT2D eigenvalue weighted by atomic mass is 10.2. The number of rotatable bonds is 4. The quantitative estimate of drug-likeness (QED) is 0.899. The van der Waals surface area contributed by atoms with Crippen molar-refractivity contribution in [3.05, 3.63) is 58.4 Å². The number of hydrogen-bond acceptors (Lipinski definition) is 3. The second kappa shape index (κ2) is 5.71. The van der Waals surface area contributed by atoms with Crippen molar-refractivity contribution in [3.63, 3.8) is 0 Å². The fourth-order valence-corrected chi connectivity index (χ4v) is 1.84. The molecular weight excluding hydrogens is 264 g/mol. The normalized spacial score (nSPS) is 10.2. The number of hydrogen-bond donors (Lipinski definition) is 2. The van der Waals surface area contributed by atoms with Crippen LogP contribution in [-0.2, 0) is 6.54 Å². The van der Waals surface area contributed by atoms with Crippen molar-refractivity contribution >= 4 is 23.3 Å². The van der Waals surface area contributed by atoms with Crippen molar-refractivity contribution in [2.45, 2.75) is 13.5 Å². The van der Waals surface area contributed by atoms with Gasteiger partial charge in [-0.05, 0) is 36.8 Å². The number of aromatic carboxylic acids is 1. The zero-order chi connectivity index (χ0) is 13.8. The highest BCUT2D eigenvalue weighted by atomic mass is 35.5. The predicted octanol–water partition coefficient (Wildman–Crippen LogP) is 3.35. The topological polar surface area (TPSA) is 62.2 Å². The van der Waals surface area contributed by atoms with Crippen LogP contribution in [0.4, 0.5) is 5.69 Å². The molecule has 5 heteroatoms. The van der Waals surface area contributed by atoms with E-state index < -0.39 is 5.97 Å². The minimum atomic E-state index is -1.03. The van der Waals surface area contributed by atoms with Crippen molar-refractivity contribution in [1.82, 2.24) is 4.98 Å². The van der Waals surface area contributed by atoms with E-state index in [-0.39, 0.29) is 5.69 Å². The molecule has 2 N–H and O–H groups in total. The third-order valence-corrected chi connectivity index (χ3v) is 2.94. The van der Waals surface area contributed by atoms with E-state index in [2.05, 4.69) is 10.3 Å². The first-order valence-electron chi connectivity index (χ1n) is 5.75. The fraction of sp³-hybridized carbons (Fsp3) is 0.143. The number of aromatic nitrogens is 1. The summed E-state index contributed by atoms with van der Waals surface area (Å²) in [5, 5.41) is 12.6. The van der Waals surface area contributed by atoms with Crippen LogP contribution in [-0.4, -0.2) is 16.1 Å². The largest absolute Gasteiger partial charge is 0.477 e. The Morgan fingerprint density at radius 1 is 1.37 bits per heavy atom. The smallest absolute Gasteiger partial charge is 0.354 e. The van der Waals surface area contributed by atoms with E-state index in [4.69, 9.17) is 16.7 Å². The molecule has 0 aliphatic carbocycles. The summed E-state index contributed by atoms with van der Waals surface area (Å²) in [6.45, 7) is 2.40. The first kappa shape index (κ1) is 13.4. The van der Waals surface area contributed by atoms with Crippen LogP contribution in [0.3, 0.4) is 0 Å². The van der Waals surface area contributed by atoms with Gasteiger partial charge in [0.2, 0.25) is 0 Å². The lowest BCUT2D eigenvalue weighted by molar-refractivity contribution is 0.0690. The van der Waals surface area contributed by atoms with E-state index in [1.54, 1.807) is 12.1 Å². The van der Waals surface area contributed by atoms with E-state index >= 15 is 0 Å². The number of aryl methyl sites for hydroxylation is 1. The van der Waals surface area contributed by atoms with Gasteiger partial charge in [0, 0.05) is 0 Å². The summed E-state index contributed by atoms with van der Waals surface area (Å²) < 4.78 is 0. The van der Waals surface area contributed by atoms with Gasteiger partial charge in [-0.15, -0.1) is 0 Å². The monoisotopic (exact) mass is 276 g/mol.